The Morgan fingerprint density at radius 1 is 1.54 bits per heavy atom. The number of rotatable bonds is 4. The van der Waals surface area contributed by atoms with Gasteiger partial charge < -0.3 is 9.64 Å². The molecule has 13 heavy (non-hydrogen) atoms. The fraction of sp³-hybridized carbons (Fsp3) is 0.900. The summed E-state index contributed by atoms with van der Waals surface area (Å²) in [4.78, 5) is 13.6. The van der Waals surface area contributed by atoms with Crippen LogP contribution in [0.1, 0.15) is 26.7 Å². The van der Waals surface area contributed by atoms with Crippen LogP contribution in [0, 0.1) is 5.41 Å². The van der Waals surface area contributed by atoms with Crippen molar-refractivity contribution in [2.75, 3.05) is 20.7 Å². The van der Waals surface area contributed by atoms with E-state index < -0.39 is 0 Å². The summed E-state index contributed by atoms with van der Waals surface area (Å²) >= 11 is 0. The van der Waals surface area contributed by atoms with Gasteiger partial charge in [-0.3, -0.25) is 4.79 Å². The molecule has 0 amide bonds. The molecule has 0 aliphatic heterocycles. The molecule has 0 aromatic rings. The van der Waals surface area contributed by atoms with Crippen molar-refractivity contribution in [1.82, 2.24) is 4.90 Å². The number of ether oxygens (including phenoxy) is 1. The zero-order chi connectivity index (χ0) is 10.1. The zero-order valence-corrected chi connectivity index (χ0v) is 8.96. The normalized spacial score (nSPS) is 19.2. The Kier molecular flexibility index (Phi) is 2.96. The maximum Gasteiger partial charge on any atom is 0.313 e. The number of carbonyl (C=O) groups is 1. The molecule has 1 rings (SSSR count). The molecule has 0 spiro atoms. The van der Waals surface area contributed by atoms with Crippen molar-refractivity contribution in [3.63, 3.8) is 0 Å². The minimum Gasteiger partial charge on any atom is -0.469 e. The standard InChI is InChI=1S/C10H19NO2/c1-8(2)11(3)7-10(5-6-10)9(12)13-4/h8H,5-7H2,1-4H3. The van der Waals surface area contributed by atoms with Gasteiger partial charge in [-0.05, 0) is 33.7 Å². The smallest absolute Gasteiger partial charge is 0.313 e. The van der Waals surface area contributed by atoms with E-state index in [1.165, 1.54) is 7.11 Å². The molecular weight excluding hydrogens is 166 g/mol. The van der Waals surface area contributed by atoms with Crippen LogP contribution in [0.5, 0.6) is 0 Å². The highest BCUT2D eigenvalue weighted by atomic mass is 16.5. The van der Waals surface area contributed by atoms with E-state index in [0.717, 1.165) is 19.4 Å². The molecule has 0 bridgehead atoms. The summed E-state index contributed by atoms with van der Waals surface area (Å²) in [7, 11) is 3.52. The Hall–Kier alpha value is -0.570. The Labute approximate surface area is 80.1 Å². The lowest BCUT2D eigenvalue weighted by atomic mass is 10.1. The highest BCUT2D eigenvalue weighted by molar-refractivity contribution is 5.80. The third-order valence-corrected chi connectivity index (χ3v) is 2.91. The number of methoxy groups -OCH3 is 1. The van der Waals surface area contributed by atoms with Gasteiger partial charge in [-0.15, -0.1) is 0 Å². The molecule has 0 saturated heterocycles. The molecule has 1 saturated carbocycles. The Morgan fingerprint density at radius 3 is 2.38 bits per heavy atom. The first-order chi connectivity index (χ1) is 6.02. The Balaban J connectivity index is 2.48. The molecule has 1 aliphatic rings. The van der Waals surface area contributed by atoms with E-state index >= 15 is 0 Å². The van der Waals surface area contributed by atoms with Crippen molar-refractivity contribution in [1.29, 1.82) is 0 Å². The van der Waals surface area contributed by atoms with Gasteiger partial charge in [0.05, 0.1) is 12.5 Å². The molecule has 0 radical (unpaired) electrons. The molecule has 0 aromatic heterocycles. The van der Waals surface area contributed by atoms with E-state index in [2.05, 4.69) is 18.7 Å². The second-order valence-electron chi connectivity index (χ2n) is 4.28. The zero-order valence-electron chi connectivity index (χ0n) is 8.96. The van der Waals surface area contributed by atoms with Crippen LogP contribution in [0.15, 0.2) is 0 Å². The Morgan fingerprint density at radius 2 is 2.08 bits per heavy atom. The molecule has 0 unspecified atom stereocenters. The molecule has 3 heteroatoms. The molecule has 76 valence electrons. The molecular formula is C10H19NO2. The lowest BCUT2D eigenvalue weighted by Crippen LogP contribution is -2.36. The van der Waals surface area contributed by atoms with Crippen molar-refractivity contribution >= 4 is 5.97 Å². The molecule has 1 aliphatic carbocycles. The van der Waals surface area contributed by atoms with E-state index in [4.69, 9.17) is 4.74 Å². The van der Waals surface area contributed by atoms with E-state index in [1.807, 2.05) is 7.05 Å². The number of hydrogen-bond acceptors (Lipinski definition) is 3. The monoisotopic (exact) mass is 185 g/mol. The van der Waals surface area contributed by atoms with Crippen LogP contribution >= 0.6 is 0 Å². The van der Waals surface area contributed by atoms with Crippen molar-refractivity contribution in [3.05, 3.63) is 0 Å². The predicted octanol–water partition coefficient (Wildman–Crippen LogP) is 1.28. The second kappa shape index (κ2) is 3.66. The van der Waals surface area contributed by atoms with Gasteiger partial charge in [0, 0.05) is 12.6 Å². The molecule has 0 N–H and O–H groups in total. The van der Waals surface area contributed by atoms with Gasteiger partial charge in [-0.25, -0.2) is 0 Å². The van der Waals surface area contributed by atoms with E-state index in [9.17, 15) is 4.79 Å². The van der Waals surface area contributed by atoms with E-state index in [1.54, 1.807) is 0 Å². The lowest BCUT2D eigenvalue weighted by molar-refractivity contribution is -0.147. The third-order valence-electron chi connectivity index (χ3n) is 2.91. The second-order valence-corrected chi connectivity index (χ2v) is 4.28. The van der Waals surface area contributed by atoms with Crippen LogP contribution in [0.2, 0.25) is 0 Å². The lowest BCUT2D eigenvalue weighted by Gasteiger charge is -2.25. The molecule has 0 atom stereocenters. The van der Waals surface area contributed by atoms with Gasteiger partial charge in [0.25, 0.3) is 0 Å². The molecule has 0 aromatic carbocycles. The average molecular weight is 185 g/mol. The minimum atomic E-state index is -0.173. The first kappa shape index (κ1) is 10.5. The fourth-order valence-electron chi connectivity index (χ4n) is 1.45. The summed E-state index contributed by atoms with van der Waals surface area (Å²) in [5.41, 5.74) is -0.173. The topological polar surface area (TPSA) is 29.5 Å². The van der Waals surface area contributed by atoms with Gasteiger partial charge >= 0.3 is 5.97 Å². The van der Waals surface area contributed by atoms with Crippen molar-refractivity contribution in [2.24, 2.45) is 5.41 Å². The maximum atomic E-state index is 11.4. The summed E-state index contributed by atoms with van der Waals surface area (Å²) in [6.45, 7) is 5.10. The first-order valence-corrected chi connectivity index (χ1v) is 4.80. The number of nitrogens with zero attached hydrogens (tertiary/aromatic N) is 1. The van der Waals surface area contributed by atoms with Gasteiger partial charge in [0.1, 0.15) is 0 Å². The number of hydrogen-bond donors (Lipinski definition) is 0. The van der Waals surface area contributed by atoms with Gasteiger partial charge in [0.15, 0.2) is 0 Å². The van der Waals surface area contributed by atoms with Crippen LogP contribution in [0.3, 0.4) is 0 Å². The SMILES string of the molecule is COC(=O)C1(CN(C)C(C)C)CC1. The van der Waals surface area contributed by atoms with Crippen LogP contribution in [0.4, 0.5) is 0 Å². The summed E-state index contributed by atoms with van der Waals surface area (Å²) in [5, 5.41) is 0. The van der Waals surface area contributed by atoms with E-state index in [-0.39, 0.29) is 11.4 Å². The van der Waals surface area contributed by atoms with Crippen molar-refractivity contribution < 1.29 is 9.53 Å². The fourth-order valence-corrected chi connectivity index (χ4v) is 1.45. The maximum absolute atomic E-state index is 11.4. The molecule has 3 nitrogen and oxygen atoms in total. The van der Waals surface area contributed by atoms with Gasteiger partial charge in [-0.1, -0.05) is 0 Å². The van der Waals surface area contributed by atoms with Crippen molar-refractivity contribution in [2.45, 2.75) is 32.7 Å². The summed E-state index contributed by atoms with van der Waals surface area (Å²) < 4.78 is 4.79. The third kappa shape index (κ3) is 2.21. The number of carbonyl (C=O) groups excluding carboxylic acids is 1. The molecule has 0 heterocycles. The molecule has 1 fully saturated rings. The first-order valence-electron chi connectivity index (χ1n) is 4.80. The predicted molar refractivity (Wildman–Crippen MR) is 51.4 cm³/mol. The summed E-state index contributed by atoms with van der Waals surface area (Å²) in [6.07, 6.45) is 1.97. The average Bonchev–Trinajstić information content (AvgIpc) is 2.84. The largest absolute Gasteiger partial charge is 0.469 e. The van der Waals surface area contributed by atoms with Gasteiger partial charge in [0.2, 0.25) is 0 Å². The van der Waals surface area contributed by atoms with Crippen molar-refractivity contribution in [3.8, 4) is 0 Å². The quantitative estimate of drug-likeness (QED) is 0.618. The van der Waals surface area contributed by atoms with Crippen LogP contribution < -0.4 is 0 Å². The Bertz CT molecular complexity index is 197. The van der Waals surface area contributed by atoms with Crippen LogP contribution in [-0.4, -0.2) is 37.6 Å². The summed E-state index contributed by atoms with van der Waals surface area (Å²) in [5.74, 6) is -0.0417. The summed E-state index contributed by atoms with van der Waals surface area (Å²) in [6, 6.07) is 0.488. The number of esters is 1. The van der Waals surface area contributed by atoms with Gasteiger partial charge in [-0.2, -0.15) is 0 Å². The minimum absolute atomic E-state index is 0.0417. The van der Waals surface area contributed by atoms with Crippen LogP contribution in [-0.2, 0) is 9.53 Å². The van der Waals surface area contributed by atoms with E-state index in [0.29, 0.717) is 6.04 Å². The highest BCUT2D eigenvalue weighted by Gasteiger charge is 2.51. The highest BCUT2D eigenvalue weighted by Crippen LogP contribution is 2.47. The van der Waals surface area contributed by atoms with Crippen LogP contribution in [0.25, 0.3) is 0 Å².